The normalized spacial score (nSPS) is 12.4. The highest BCUT2D eigenvalue weighted by Crippen LogP contribution is 2.21. The third kappa shape index (κ3) is 3.03. The second kappa shape index (κ2) is 6.29. The number of aryl methyl sites for hydroxylation is 1. The van der Waals surface area contributed by atoms with E-state index in [4.69, 9.17) is 16.3 Å². The van der Waals surface area contributed by atoms with Gasteiger partial charge in [-0.1, -0.05) is 22.9 Å². The number of nitrogens with zero attached hydrogens (tertiary/aromatic N) is 4. The molecule has 22 heavy (non-hydrogen) atoms. The van der Waals surface area contributed by atoms with E-state index in [2.05, 4.69) is 15.4 Å². The summed E-state index contributed by atoms with van der Waals surface area (Å²) >= 11 is 7.52. The van der Waals surface area contributed by atoms with Crippen LogP contribution in [0.1, 0.15) is 0 Å². The summed E-state index contributed by atoms with van der Waals surface area (Å²) in [6.07, 6.45) is 0. The fraction of sp³-hybridized carbons (Fsp3) is 0.133. The van der Waals surface area contributed by atoms with Crippen LogP contribution >= 0.6 is 22.9 Å². The first-order valence-corrected chi connectivity index (χ1v) is 7.71. The van der Waals surface area contributed by atoms with Gasteiger partial charge in [0.05, 0.1) is 23.0 Å². The van der Waals surface area contributed by atoms with E-state index < -0.39 is 0 Å². The molecule has 112 valence electrons. The van der Waals surface area contributed by atoms with Crippen LogP contribution in [-0.4, -0.2) is 11.7 Å². The number of benzene rings is 2. The van der Waals surface area contributed by atoms with Crippen molar-refractivity contribution >= 4 is 38.8 Å². The van der Waals surface area contributed by atoms with Gasteiger partial charge in [-0.2, -0.15) is 0 Å². The van der Waals surface area contributed by atoms with Crippen molar-refractivity contribution in [2.75, 3.05) is 7.11 Å². The molecule has 0 spiro atoms. The summed E-state index contributed by atoms with van der Waals surface area (Å²) in [4.78, 5) is 0.759. The number of methoxy groups -OCH3 is 1. The zero-order valence-electron chi connectivity index (χ0n) is 12.0. The Labute approximate surface area is 136 Å². The predicted octanol–water partition coefficient (Wildman–Crippen LogP) is 4.50. The van der Waals surface area contributed by atoms with E-state index in [1.807, 2.05) is 54.1 Å². The standard InChI is InChI=1S/C15H13ClN4OS/c1-20-13-8-3-10(16)9-14(13)22-15(20)18-19-17-11-4-6-12(21-2)7-5-11/h3-9H,1-2H3/b18-15-,19-17?. The van der Waals surface area contributed by atoms with Crippen LogP contribution in [0, 0.1) is 0 Å². The van der Waals surface area contributed by atoms with Crippen molar-refractivity contribution in [2.45, 2.75) is 0 Å². The minimum Gasteiger partial charge on any atom is -0.497 e. The first-order chi connectivity index (χ1) is 10.7. The molecule has 0 amide bonds. The molecule has 1 heterocycles. The van der Waals surface area contributed by atoms with Gasteiger partial charge >= 0.3 is 0 Å². The fourth-order valence-corrected chi connectivity index (χ4v) is 3.21. The molecule has 0 N–H and O–H groups in total. The lowest BCUT2D eigenvalue weighted by Gasteiger charge is -1.97. The highest BCUT2D eigenvalue weighted by molar-refractivity contribution is 7.16. The Kier molecular flexibility index (Phi) is 4.22. The summed E-state index contributed by atoms with van der Waals surface area (Å²) in [6.45, 7) is 0. The molecule has 0 fully saturated rings. The smallest absolute Gasteiger partial charge is 0.213 e. The first-order valence-electron chi connectivity index (χ1n) is 6.51. The molecule has 0 saturated heterocycles. The van der Waals surface area contributed by atoms with Crippen molar-refractivity contribution in [3.05, 3.63) is 52.3 Å². The Bertz CT molecular complexity index is 896. The van der Waals surface area contributed by atoms with Gasteiger partial charge in [0.25, 0.3) is 0 Å². The zero-order chi connectivity index (χ0) is 15.5. The first kappa shape index (κ1) is 14.7. The van der Waals surface area contributed by atoms with Crippen LogP contribution < -0.4 is 9.54 Å². The lowest BCUT2D eigenvalue weighted by atomic mass is 10.3. The minimum absolute atomic E-state index is 0.709. The predicted molar refractivity (Wildman–Crippen MR) is 88.9 cm³/mol. The maximum absolute atomic E-state index is 6.00. The van der Waals surface area contributed by atoms with Crippen LogP contribution in [0.3, 0.4) is 0 Å². The quantitative estimate of drug-likeness (QED) is 0.514. The summed E-state index contributed by atoms with van der Waals surface area (Å²) < 4.78 is 8.12. The molecule has 3 aromatic rings. The summed E-state index contributed by atoms with van der Waals surface area (Å²) in [7, 11) is 3.56. The number of ether oxygens (including phenoxy) is 1. The van der Waals surface area contributed by atoms with Crippen LogP contribution in [0.5, 0.6) is 5.75 Å². The van der Waals surface area contributed by atoms with Gasteiger partial charge < -0.3 is 9.30 Å². The van der Waals surface area contributed by atoms with E-state index in [-0.39, 0.29) is 0 Å². The fourth-order valence-electron chi connectivity index (χ4n) is 1.97. The van der Waals surface area contributed by atoms with Gasteiger partial charge in [0.1, 0.15) is 5.75 Å². The van der Waals surface area contributed by atoms with Gasteiger partial charge in [0, 0.05) is 12.1 Å². The van der Waals surface area contributed by atoms with Gasteiger partial charge in [-0.25, -0.2) is 0 Å². The average Bonchev–Trinajstić information content (AvgIpc) is 2.83. The van der Waals surface area contributed by atoms with Crippen LogP contribution in [0.15, 0.2) is 57.9 Å². The summed E-state index contributed by atoms with van der Waals surface area (Å²) in [5, 5.41) is 12.9. The Balaban J connectivity index is 1.91. The van der Waals surface area contributed by atoms with Gasteiger partial charge in [-0.3, -0.25) is 0 Å². The average molecular weight is 333 g/mol. The van der Waals surface area contributed by atoms with Crippen LogP contribution in [0.2, 0.25) is 5.02 Å². The number of rotatable bonds is 3. The molecule has 3 rings (SSSR count). The topological polar surface area (TPSA) is 51.2 Å². The Morgan fingerprint density at radius 3 is 2.64 bits per heavy atom. The molecule has 1 aromatic heterocycles. The molecule has 7 heteroatoms. The largest absolute Gasteiger partial charge is 0.497 e. The van der Waals surface area contributed by atoms with Gasteiger partial charge in [0.15, 0.2) is 0 Å². The van der Waals surface area contributed by atoms with E-state index in [0.717, 1.165) is 26.5 Å². The van der Waals surface area contributed by atoms with E-state index >= 15 is 0 Å². The van der Waals surface area contributed by atoms with Crippen molar-refractivity contribution in [3.8, 4) is 5.75 Å². The third-order valence-corrected chi connectivity index (χ3v) is 4.45. The Hall–Kier alpha value is -2.18. The van der Waals surface area contributed by atoms with Crippen molar-refractivity contribution in [1.82, 2.24) is 4.57 Å². The van der Waals surface area contributed by atoms with Crippen LogP contribution in [0.25, 0.3) is 10.2 Å². The van der Waals surface area contributed by atoms with E-state index in [1.165, 1.54) is 11.3 Å². The Morgan fingerprint density at radius 2 is 1.91 bits per heavy atom. The molecule has 0 atom stereocenters. The molecule has 0 unspecified atom stereocenters. The van der Waals surface area contributed by atoms with Gasteiger partial charge in [-0.05, 0) is 47.7 Å². The molecule has 0 radical (unpaired) electrons. The summed E-state index contributed by atoms with van der Waals surface area (Å²) in [5.74, 6) is 0.781. The second-order valence-electron chi connectivity index (χ2n) is 4.54. The Morgan fingerprint density at radius 1 is 1.14 bits per heavy atom. The van der Waals surface area contributed by atoms with Gasteiger partial charge in [-0.15, -0.1) is 10.2 Å². The van der Waals surface area contributed by atoms with Crippen LogP contribution in [-0.2, 0) is 7.05 Å². The van der Waals surface area contributed by atoms with E-state index in [1.54, 1.807) is 7.11 Å². The summed E-state index contributed by atoms with van der Waals surface area (Å²) in [6, 6.07) is 13.0. The number of thiazole rings is 1. The molecule has 2 aromatic carbocycles. The highest BCUT2D eigenvalue weighted by atomic mass is 35.5. The monoisotopic (exact) mass is 332 g/mol. The molecule has 0 bridgehead atoms. The number of aromatic nitrogens is 1. The number of fused-ring (bicyclic) bond motifs is 1. The van der Waals surface area contributed by atoms with Crippen molar-refractivity contribution in [1.29, 1.82) is 0 Å². The van der Waals surface area contributed by atoms with Crippen molar-refractivity contribution < 1.29 is 4.74 Å². The summed E-state index contributed by atoms with van der Waals surface area (Å²) in [5.41, 5.74) is 1.78. The number of hydrogen-bond acceptors (Lipinski definition) is 4. The highest BCUT2D eigenvalue weighted by Gasteiger charge is 2.02. The molecular formula is C15H13ClN4OS. The van der Waals surface area contributed by atoms with E-state index in [9.17, 15) is 0 Å². The second-order valence-corrected chi connectivity index (χ2v) is 5.99. The van der Waals surface area contributed by atoms with Gasteiger partial charge in [0.2, 0.25) is 4.80 Å². The lowest BCUT2D eigenvalue weighted by molar-refractivity contribution is 0.415. The van der Waals surface area contributed by atoms with Crippen LogP contribution in [0.4, 0.5) is 5.69 Å². The molecule has 5 nitrogen and oxygen atoms in total. The lowest BCUT2D eigenvalue weighted by Crippen LogP contribution is -2.08. The molecule has 0 aliphatic heterocycles. The molecule has 0 aliphatic carbocycles. The zero-order valence-corrected chi connectivity index (χ0v) is 13.6. The maximum atomic E-state index is 6.00. The molecule has 0 aliphatic rings. The molecule has 0 saturated carbocycles. The van der Waals surface area contributed by atoms with E-state index in [0.29, 0.717) is 5.02 Å². The SMILES string of the molecule is COc1ccc(N=N/N=c2\sc3cc(Cl)ccc3n2C)cc1. The van der Waals surface area contributed by atoms with Crippen molar-refractivity contribution in [2.24, 2.45) is 22.5 Å². The minimum atomic E-state index is 0.709. The molecular weight excluding hydrogens is 320 g/mol. The number of halogens is 1. The maximum Gasteiger partial charge on any atom is 0.213 e. The third-order valence-electron chi connectivity index (χ3n) is 3.13. The van der Waals surface area contributed by atoms with Crippen molar-refractivity contribution in [3.63, 3.8) is 0 Å². The number of hydrogen-bond donors (Lipinski definition) is 0.